The second kappa shape index (κ2) is 9.96. The van der Waals surface area contributed by atoms with Gasteiger partial charge in [-0.05, 0) is 48.7 Å². The summed E-state index contributed by atoms with van der Waals surface area (Å²) >= 11 is 0. The molecule has 30 heavy (non-hydrogen) atoms. The number of para-hydroxylation sites is 1. The summed E-state index contributed by atoms with van der Waals surface area (Å²) in [7, 11) is 1.85. The fourth-order valence-corrected chi connectivity index (χ4v) is 3.96. The minimum absolute atomic E-state index is 0.00235. The minimum atomic E-state index is -0.00235. The molecule has 2 fully saturated rings. The lowest BCUT2D eigenvalue weighted by molar-refractivity contribution is 0.0679. The molecule has 0 aromatic heterocycles. The molecule has 2 aromatic rings. The Hall–Kier alpha value is -2.57. The number of hydrogen-bond acceptors (Lipinski definition) is 5. The van der Waals surface area contributed by atoms with Gasteiger partial charge in [0.05, 0.1) is 19.3 Å². The van der Waals surface area contributed by atoms with Gasteiger partial charge in [-0.3, -0.25) is 4.79 Å². The van der Waals surface area contributed by atoms with Gasteiger partial charge in [0.2, 0.25) is 0 Å². The van der Waals surface area contributed by atoms with E-state index in [1.165, 1.54) is 5.69 Å². The minimum Gasteiger partial charge on any atom is -0.491 e. The third kappa shape index (κ3) is 5.12. The number of amides is 1. The maximum absolute atomic E-state index is 12.9. The second-order valence-corrected chi connectivity index (χ2v) is 7.86. The van der Waals surface area contributed by atoms with Crippen molar-refractivity contribution in [1.82, 2.24) is 4.90 Å². The van der Waals surface area contributed by atoms with Gasteiger partial charge >= 0.3 is 0 Å². The number of benzene rings is 2. The van der Waals surface area contributed by atoms with Crippen LogP contribution >= 0.6 is 0 Å². The highest BCUT2D eigenvalue weighted by atomic mass is 16.5. The molecule has 2 heterocycles. The van der Waals surface area contributed by atoms with E-state index in [4.69, 9.17) is 14.2 Å². The zero-order valence-corrected chi connectivity index (χ0v) is 17.6. The summed E-state index contributed by atoms with van der Waals surface area (Å²) in [6.45, 7) is 5.18. The standard InChI is InChI=1S/C24H30N2O4/c1-25(17-20-5-2-3-7-23(20)26-12-15-28-16-13-26)24(27)19-8-10-21(11-9-19)30-18-22-6-4-14-29-22/h2-3,5,7-11,22H,4,6,12-18H2,1H3/t22-/m0/s1. The van der Waals surface area contributed by atoms with Crippen LogP contribution in [0.5, 0.6) is 5.75 Å². The zero-order valence-electron chi connectivity index (χ0n) is 17.6. The van der Waals surface area contributed by atoms with E-state index < -0.39 is 0 Å². The van der Waals surface area contributed by atoms with Gasteiger partial charge in [-0.25, -0.2) is 0 Å². The zero-order chi connectivity index (χ0) is 20.8. The third-order valence-electron chi connectivity index (χ3n) is 5.66. The predicted octanol–water partition coefficient (Wildman–Crippen LogP) is 3.35. The summed E-state index contributed by atoms with van der Waals surface area (Å²) in [5.74, 6) is 0.764. The highest BCUT2D eigenvalue weighted by Gasteiger charge is 2.19. The lowest BCUT2D eigenvalue weighted by Crippen LogP contribution is -2.37. The van der Waals surface area contributed by atoms with Gasteiger partial charge < -0.3 is 24.0 Å². The Labute approximate surface area is 178 Å². The van der Waals surface area contributed by atoms with Gasteiger partial charge in [0, 0.05) is 44.5 Å². The molecular weight excluding hydrogens is 380 g/mol. The Morgan fingerprint density at radius 2 is 1.87 bits per heavy atom. The van der Waals surface area contributed by atoms with Crippen LogP contribution in [-0.4, -0.2) is 63.5 Å². The summed E-state index contributed by atoms with van der Waals surface area (Å²) in [6, 6.07) is 15.7. The van der Waals surface area contributed by atoms with Gasteiger partial charge in [-0.15, -0.1) is 0 Å². The third-order valence-corrected chi connectivity index (χ3v) is 5.66. The van der Waals surface area contributed by atoms with Crippen molar-refractivity contribution in [1.29, 1.82) is 0 Å². The largest absolute Gasteiger partial charge is 0.491 e. The first-order valence-electron chi connectivity index (χ1n) is 10.7. The van der Waals surface area contributed by atoms with Crippen LogP contribution in [0.2, 0.25) is 0 Å². The summed E-state index contributed by atoms with van der Waals surface area (Å²) in [6.07, 6.45) is 2.33. The van der Waals surface area contributed by atoms with Crippen molar-refractivity contribution in [2.24, 2.45) is 0 Å². The molecule has 0 aliphatic carbocycles. The van der Waals surface area contributed by atoms with Crippen molar-refractivity contribution >= 4 is 11.6 Å². The van der Waals surface area contributed by atoms with E-state index in [1.54, 1.807) is 4.90 Å². The Bertz CT molecular complexity index is 827. The van der Waals surface area contributed by atoms with Crippen LogP contribution in [0.3, 0.4) is 0 Å². The van der Waals surface area contributed by atoms with Crippen LogP contribution in [0.25, 0.3) is 0 Å². The second-order valence-electron chi connectivity index (χ2n) is 7.86. The number of rotatable bonds is 7. The van der Waals surface area contributed by atoms with Crippen molar-refractivity contribution in [2.45, 2.75) is 25.5 Å². The fourth-order valence-electron chi connectivity index (χ4n) is 3.96. The number of nitrogens with zero attached hydrogens (tertiary/aromatic N) is 2. The molecule has 0 radical (unpaired) electrons. The average molecular weight is 411 g/mol. The number of morpholine rings is 1. The van der Waals surface area contributed by atoms with E-state index in [2.05, 4.69) is 17.0 Å². The van der Waals surface area contributed by atoms with E-state index >= 15 is 0 Å². The van der Waals surface area contributed by atoms with Crippen LogP contribution in [0.15, 0.2) is 48.5 Å². The summed E-state index contributed by atoms with van der Waals surface area (Å²) < 4.78 is 16.9. The molecule has 2 aromatic carbocycles. The predicted molar refractivity (Wildman–Crippen MR) is 116 cm³/mol. The smallest absolute Gasteiger partial charge is 0.253 e. The lowest BCUT2D eigenvalue weighted by atomic mass is 10.1. The van der Waals surface area contributed by atoms with E-state index in [0.29, 0.717) is 18.7 Å². The van der Waals surface area contributed by atoms with Crippen molar-refractivity contribution in [3.05, 3.63) is 59.7 Å². The molecule has 1 atom stereocenters. The maximum Gasteiger partial charge on any atom is 0.253 e. The van der Waals surface area contributed by atoms with Crippen molar-refractivity contribution < 1.29 is 19.0 Å². The molecule has 0 unspecified atom stereocenters. The number of carbonyl (C=O) groups is 1. The topological polar surface area (TPSA) is 51.2 Å². The summed E-state index contributed by atoms with van der Waals surface area (Å²) in [5, 5.41) is 0. The molecule has 2 aliphatic heterocycles. The molecule has 6 nitrogen and oxygen atoms in total. The molecule has 160 valence electrons. The van der Waals surface area contributed by atoms with Gasteiger partial charge in [0.1, 0.15) is 12.4 Å². The summed E-state index contributed by atoms with van der Waals surface area (Å²) in [5.41, 5.74) is 2.98. The molecule has 0 N–H and O–H groups in total. The van der Waals surface area contributed by atoms with E-state index in [9.17, 15) is 4.79 Å². The SMILES string of the molecule is CN(Cc1ccccc1N1CCOCC1)C(=O)c1ccc(OC[C@@H]2CCCO2)cc1. The number of ether oxygens (including phenoxy) is 3. The molecule has 2 aliphatic rings. The highest BCUT2D eigenvalue weighted by Crippen LogP contribution is 2.24. The van der Waals surface area contributed by atoms with Crippen molar-refractivity contribution in [2.75, 3.05) is 51.5 Å². The van der Waals surface area contributed by atoms with E-state index in [0.717, 1.165) is 57.1 Å². The number of hydrogen-bond donors (Lipinski definition) is 0. The Balaban J connectivity index is 1.36. The van der Waals surface area contributed by atoms with Crippen LogP contribution < -0.4 is 9.64 Å². The molecule has 0 bridgehead atoms. The van der Waals surface area contributed by atoms with Crippen LogP contribution in [-0.2, 0) is 16.0 Å². The first-order chi connectivity index (χ1) is 14.7. The molecule has 2 saturated heterocycles. The molecule has 6 heteroatoms. The molecule has 0 spiro atoms. The van der Waals surface area contributed by atoms with Gasteiger partial charge in [-0.2, -0.15) is 0 Å². The van der Waals surface area contributed by atoms with Crippen molar-refractivity contribution in [3.63, 3.8) is 0 Å². The normalized spacial score (nSPS) is 19.0. The number of anilines is 1. The highest BCUT2D eigenvalue weighted by molar-refractivity contribution is 5.94. The van der Waals surface area contributed by atoms with Crippen LogP contribution in [0.4, 0.5) is 5.69 Å². The lowest BCUT2D eigenvalue weighted by Gasteiger charge is -2.31. The molecular formula is C24H30N2O4. The van der Waals surface area contributed by atoms with Crippen LogP contribution in [0, 0.1) is 0 Å². The van der Waals surface area contributed by atoms with Crippen molar-refractivity contribution in [3.8, 4) is 5.75 Å². The maximum atomic E-state index is 12.9. The number of carbonyl (C=O) groups excluding carboxylic acids is 1. The van der Waals surface area contributed by atoms with E-state index in [-0.39, 0.29) is 12.0 Å². The Morgan fingerprint density at radius 3 is 2.60 bits per heavy atom. The molecule has 1 amide bonds. The first kappa shape index (κ1) is 20.7. The average Bonchev–Trinajstić information content (AvgIpc) is 3.32. The molecule has 0 saturated carbocycles. The monoisotopic (exact) mass is 410 g/mol. The quantitative estimate of drug-likeness (QED) is 0.701. The van der Waals surface area contributed by atoms with Gasteiger partial charge in [0.25, 0.3) is 5.91 Å². The Morgan fingerprint density at radius 1 is 1.10 bits per heavy atom. The summed E-state index contributed by atoms with van der Waals surface area (Å²) in [4.78, 5) is 17.0. The van der Waals surface area contributed by atoms with Crippen LogP contribution in [0.1, 0.15) is 28.8 Å². The van der Waals surface area contributed by atoms with Gasteiger partial charge in [-0.1, -0.05) is 18.2 Å². The first-order valence-corrected chi connectivity index (χ1v) is 10.7. The van der Waals surface area contributed by atoms with Gasteiger partial charge in [0.15, 0.2) is 0 Å². The molecule has 4 rings (SSSR count). The fraction of sp³-hybridized carbons (Fsp3) is 0.458. The Kier molecular flexibility index (Phi) is 6.87. The van der Waals surface area contributed by atoms with E-state index in [1.807, 2.05) is 43.4 Å².